The first kappa shape index (κ1) is 18.0. The van der Waals surface area contributed by atoms with Gasteiger partial charge in [0, 0.05) is 6.04 Å². The second-order valence-corrected chi connectivity index (χ2v) is 7.05. The summed E-state index contributed by atoms with van der Waals surface area (Å²) in [5, 5.41) is 3.44. The van der Waals surface area contributed by atoms with Gasteiger partial charge in [0.15, 0.2) is 0 Å². The van der Waals surface area contributed by atoms with Crippen molar-refractivity contribution in [2.45, 2.75) is 56.2 Å². The van der Waals surface area contributed by atoms with Gasteiger partial charge in [-0.1, -0.05) is 32.9 Å². The molecule has 1 aromatic carbocycles. The van der Waals surface area contributed by atoms with Crippen LogP contribution in [0.3, 0.4) is 0 Å². The molecule has 0 fully saturated rings. The van der Waals surface area contributed by atoms with Crippen LogP contribution in [-0.2, 0) is 9.84 Å². The smallest absolute Gasteiger partial charge is 0.313 e. The fraction of sp³-hybridized carbons (Fsp3) is 0.600. The first-order valence-corrected chi connectivity index (χ1v) is 8.74. The summed E-state index contributed by atoms with van der Waals surface area (Å²) in [6, 6.07) is 6.05. The van der Waals surface area contributed by atoms with Crippen LogP contribution < -0.4 is 5.32 Å². The maximum absolute atomic E-state index is 12.5. The second kappa shape index (κ2) is 7.84. The molecule has 1 N–H and O–H groups in total. The molecule has 21 heavy (non-hydrogen) atoms. The largest absolute Gasteiger partial charge is 0.341 e. The van der Waals surface area contributed by atoms with E-state index in [9.17, 15) is 17.2 Å². The van der Waals surface area contributed by atoms with E-state index in [4.69, 9.17) is 0 Å². The first-order valence-electron chi connectivity index (χ1n) is 7.20. The van der Waals surface area contributed by atoms with Crippen LogP contribution in [0, 0.1) is 0 Å². The minimum absolute atomic E-state index is 0.185. The van der Waals surface area contributed by atoms with Crippen molar-refractivity contribution in [3.8, 4) is 0 Å². The van der Waals surface area contributed by atoms with Crippen LogP contribution >= 0.6 is 0 Å². The van der Waals surface area contributed by atoms with E-state index < -0.39 is 15.6 Å². The van der Waals surface area contributed by atoms with Crippen molar-refractivity contribution >= 4 is 9.84 Å². The van der Waals surface area contributed by atoms with Gasteiger partial charge in [-0.05, 0) is 43.0 Å². The van der Waals surface area contributed by atoms with Crippen LogP contribution in [0.5, 0.6) is 0 Å². The van der Waals surface area contributed by atoms with Crippen molar-refractivity contribution in [2.24, 2.45) is 0 Å². The molecule has 0 radical (unpaired) electrons. The van der Waals surface area contributed by atoms with Crippen LogP contribution in [0.15, 0.2) is 29.2 Å². The number of hydrogen-bond acceptors (Lipinski definition) is 3. The Kier molecular flexibility index (Phi) is 6.74. The van der Waals surface area contributed by atoms with Gasteiger partial charge in [-0.3, -0.25) is 0 Å². The van der Waals surface area contributed by atoms with Crippen molar-refractivity contribution < 1.29 is 17.2 Å². The van der Waals surface area contributed by atoms with E-state index in [0.29, 0.717) is 0 Å². The molecule has 2 unspecified atom stereocenters. The first-order chi connectivity index (χ1) is 9.84. The Hall–Kier alpha value is -1.01. The van der Waals surface area contributed by atoms with Crippen LogP contribution in [0.4, 0.5) is 8.78 Å². The lowest BCUT2D eigenvalue weighted by molar-refractivity contribution is 0.234. The quantitative estimate of drug-likeness (QED) is 0.797. The highest BCUT2D eigenvalue weighted by molar-refractivity contribution is 7.91. The van der Waals surface area contributed by atoms with Crippen LogP contribution in [0.1, 0.15) is 45.1 Å². The van der Waals surface area contributed by atoms with Gasteiger partial charge in [0.05, 0.1) is 4.90 Å². The Morgan fingerprint density at radius 3 is 2.14 bits per heavy atom. The molecule has 0 heterocycles. The lowest BCUT2D eigenvalue weighted by Gasteiger charge is -2.24. The van der Waals surface area contributed by atoms with Gasteiger partial charge in [-0.15, -0.1) is 0 Å². The molecule has 120 valence electrons. The molecule has 0 amide bonds. The Labute approximate surface area is 125 Å². The lowest BCUT2D eigenvalue weighted by atomic mass is 9.91. The minimum atomic E-state index is -4.51. The predicted octanol–water partition coefficient (Wildman–Crippen LogP) is 3.56. The Bertz CT molecular complexity index is 529. The number of nitrogens with one attached hydrogen (secondary N) is 1. The molecule has 2 atom stereocenters. The summed E-state index contributed by atoms with van der Waals surface area (Å²) in [7, 11) is -4.51. The van der Waals surface area contributed by atoms with E-state index >= 15 is 0 Å². The van der Waals surface area contributed by atoms with Crippen molar-refractivity contribution in [2.75, 3.05) is 6.54 Å². The zero-order valence-electron chi connectivity index (χ0n) is 12.6. The summed E-state index contributed by atoms with van der Waals surface area (Å²) in [5.74, 6) is -3.19. The summed E-state index contributed by atoms with van der Waals surface area (Å²) in [6.07, 6.45) is 1.98. The topological polar surface area (TPSA) is 46.2 Å². The van der Waals surface area contributed by atoms with Crippen molar-refractivity contribution in [3.63, 3.8) is 0 Å². The van der Waals surface area contributed by atoms with E-state index in [2.05, 4.69) is 19.2 Å². The number of hydrogen-bond donors (Lipinski definition) is 1. The van der Waals surface area contributed by atoms with Crippen LogP contribution in [-0.4, -0.2) is 26.8 Å². The molecule has 0 bridgehead atoms. The molecule has 0 aromatic heterocycles. The third-order valence-corrected chi connectivity index (χ3v) is 5.07. The molecule has 3 nitrogen and oxygen atoms in total. The SMILES string of the molecule is CCCNC(CC)C(C)c1ccc(S(=O)(=O)C(F)F)cc1. The number of rotatable bonds is 8. The summed E-state index contributed by atoms with van der Waals surface area (Å²) >= 11 is 0. The number of halogens is 2. The van der Waals surface area contributed by atoms with Crippen LogP contribution in [0.25, 0.3) is 0 Å². The molecule has 0 aliphatic rings. The van der Waals surface area contributed by atoms with Gasteiger partial charge in [0.2, 0.25) is 9.84 Å². The average molecular weight is 319 g/mol. The molecule has 1 rings (SSSR count). The van der Waals surface area contributed by atoms with Crippen molar-refractivity contribution in [3.05, 3.63) is 29.8 Å². The van der Waals surface area contributed by atoms with E-state index in [1.54, 1.807) is 12.1 Å². The monoisotopic (exact) mass is 319 g/mol. The summed E-state index contributed by atoms with van der Waals surface area (Å²) in [6.45, 7) is 7.14. The lowest BCUT2D eigenvalue weighted by Crippen LogP contribution is -2.33. The molecular weight excluding hydrogens is 296 g/mol. The normalized spacial score (nSPS) is 15.1. The van der Waals surface area contributed by atoms with E-state index in [-0.39, 0.29) is 16.9 Å². The van der Waals surface area contributed by atoms with Crippen molar-refractivity contribution in [1.29, 1.82) is 0 Å². The van der Waals surface area contributed by atoms with Gasteiger partial charge in [0.1, 0.15) is 0 Å². The highest BCUT2D eigenvalue weighted by Gasteiger charge is 2.26. The van der Waals surface area contributed by atoms with E-state index in [0.717, 1.165) is 24.9 Å². The fourth-order valence-electron chi connectivity index (χ4n) is 2.30. The zero-order valence-corrected chi connectivity index (χ0v) is 13.5. The third-order valence-electron chi connectivity index (χ3n) is 3.67. The second-order valence-electron chi connectivity index (χ2n) is 5.13. The molecular formula is C15H23F2NO2S. The van der Waals surface area contributed by atoms with E-state index in [1.807, 2.05) is 6.92 Å². The number of sulfone groups is 1. The van der Waals surface area contributed by atoms with Gasteiger partial charge >= 0.3 is 5.76 Å². The molecule has 0 saturated heterocycles. The maximum Gasteiger partial charge on any atom is 0.341 e. The summed E-state index contributed by atoms with van der Waals surface area (Å²) in [5.41, 5.74) is 0.943. The molecule has 0 aliphatic carbocycles. The number of alkyl halides is 2. The van der Waals surface area contributed by atoms with Gasteiger partial charge in [-0.2, -0.15) is 8.78 Å². The molecule has 0 spiro atoms. The number of benzene rings is 1. The maximum atomic E-state index is 12.5. The average Bonchev–Trinajstić information content (AvgIpc) is 2.47. The van der Waals surface area contributed by atoms with Gasteiger partial charge in [0.25, 0.3) is 0 Å². The Morgan fingerprint density at radius 1 is 1.14 bits per heavy atom. The Morgan fingerprint density at radius 2 is 1.71 bits per heavy atom. The standard InChI is InChI=1S/C15H23F2NO2S/c1-4-10-18-14(5-2)11(3)12-6-8-13(9-7-12)21(19,20)15(16)17/h6-9,11,14-15,18H,4-5,10H2,1-3H3. The molecule has 0 aliphatic heterocycles. The minimum Gasteiger partial charge on any atom is -0.313 e. The van der Waals surface area contributed by atoms with Gasteiger partial charge < -0.3 is 5.32 Å². The van der Waals surface area contributed by atoms with E-state index in [1.165, 1.54) is 12.1 Å². The highest BCUT2D eigenvalue weighted by Crippen LogP contribution is 2.24. The molecule has 0 saturated carbocycles. The molecule has 6 heteroatoms. The zero-order chi connectivity index (χ0) is 16.0. The third kappa shape index (κ3) is 4.48. The van der Waals surface area contributed by atoms with Gasteiger partial charge in [-0.25, -0.2) is 8.42 Å². The van der Waals surface area contributed by atoms with Crippen molar-refractivity contribution in [1.82, 2.24) is 5.32 Å². The van der Waals surface area contributed by atoms with Crippen LogP contribution in [0.2, 0.25) is 0 Å². The molecule has 1 aromatic rings. The summed E-state index contributed by atoms with van der Waals surface area (Å²) in [4.78, 5) is -0.331. The fourth-order valence-corrected chi connectivity index (χ4v) is 3.02. The highest BCUT2D eigenvalue weighted by atomic mass is 32.2. The Balaban J connectivity index is 2.91. The summed E-state index contributed by atoms with van der Waals surface area (Å²) < 4.78 is 47.7. The predicted molar refractivity (Wildman–Crippen MR) is 80.4 cm³/mol.